The van der Waals surface area contributed by atoms with Crippen LogP contribution in [0.1, 0.15) is 0 Å². The Morgan fingerprint density at radius 3 is 1.73 bits per heavy atom. The summed E-state index contributed by atoms with van der Waals surface area (Å²) < 4.78 is 27.6. The van der Waals surface area contributed by atoms with E-state index in [4.69, 9.17) is 23.7 Å². The number of carbonyl (C=O) groups excluding carboxylic acids is 1. The highest BCUT2D eigenvalue weighted by molar-refractivity contribution is 6.11. The summed E-state index contributed by atoms with van der Waals surface area (Å²) in [5.41, 5.74) is 0. The standard InChI is InChI=1S/C24H26O6/c1-3-22(25)29-16-14-27-12-13-28-15-17-30-24-20-10-6-4-8-18(20)23(26-2)19-9-5-7-11-21(19)24/h3-11H,1,12-17H2,2H3. The number of carbonyl (C=O) groups is 1. The Kier molecular flexibility index (Phi) is 8.06. The molecule has 0 unspecified atom stereocenters. The van der Waals surface area contributed by atoms with Gasteiger partial charge in [-0.15, -0.1) is 0 Å². The molecule has 0 saturated heterocycles. The molecule has 6 heteroatoms. The first kappa shape index (κ1) is 21.6. The van der Waals surface area contributed by atoms with Gasteiger partial charge in [-0.05, 0) is 0 Å². The van der Waals surface area contributed by atoms with Crippen LogP contribution in [0.2, 0.25) is 0 Å². The Balaban J connectivity index is 1.53. The summed E-state index contributed by atoms with van der Waals surface area (Å²) in [6.45, 7) is 5.55. The molecule has 0 bridgehead atoms. The van der Waals surface area contributed by atoms with Crippen molar-refractivity contribution in [3.8, 4) is 11.5 Å². The van der Waals surface area contributed by atoms with Gasteiger partial charge in [0.2, 0.25) is 0 Å². The Morgan fingerprint density at radius 2 is 1.23 bits per heavy atom. The van der Waals surface area contributed by atoms with Gasteiger partial charge < -0.3 is 23.7 Å². The van der Waals surface area contributed by atoms with Gasteiger partial charge in [-0.25, -0.2) is 4.79 Å². The molecule has 0 fully saturated rings. The highest BCUT2D eigenvalue weighted by Crippen LogP contribution is 2.42. The largest absolute Gasteiger partial charge is 0.495 e. The lowest BCUT2D eigenvalue weighted by molar-refractivity contribution is -0.139. The summed E-state index contributed by atoms with van der Waals surface area (Å²) in [5, 5.41) is 4.04. The lowest BCUT2D eigenvalue weighted by atomic mass is 10.0. The predicted molar refractivity (Wildman–Crippen MR) is 116 cm³/mol. The lowest BCUT2D eigenvalue weighted by Crippen LogP contribution is -2.13. The molecule has 0 radical (unpaired) electrons. The number of hydrogen-bond donors (Lipinski definition) is 0. The fourth-order valence-electron chi connectivity index (χ4n) is 3.21. The lowest BCUT2D eigenvalue weighted by Gasteiger charge is -2.16. The summed E-state index contributed by atoms with van der Waals surface area (Å²) in [6, 6.07) is 16.1. The Labute approximate surface area is 175 Å². The quantitative estimate of drug-likeness (QED) is 0.194. The number of esters is 1. The van der Waals surface area contributed by atoms with E-state index in [1.54, 1.807) is 7.11 Å². The molecule has 0 amide bonds. The van der Waals surface area contributed by atoms with Gasteiger partial charge in [0.15, 0.2) is 0 Å². The highest BCUT2D eigenvalue weighted by atomic mass is 16.6. The van der Waals surface area contributed by atoms with Crippen molar-refractivity contribution in [3.63, 3.8) is 0 Å². The molecule has 3 aromatic rings. The Morgan fingerprint density at radius 1 is 0.767 bits per heavy atom. The van der Waals surface area contributed by atoms with Crippen LogP contribution in [0.3, 0.4) is 0 Å². The van der Waals surface area contributed by atoms with Gasteiger partial charge in [0.1, 0.15) is 24.7 Å². The molecule has 0 heterocycles. The van der Waals surface area contributed by atoms with E-state index in [0.717, 1.165) is 39.1 Å². The van der Waals surface area contributed by atoms with Crippen molar-refractivity contribution in [1.29, 1.82) is 0 Å². The van der Waals surface area contributed by atoms with Crippen LogP contribution in [-0.4, -0.2) is 52.7 Å². The van der Waals surface area contributed by atoms with Crippen LogP contribution in [-0.2, 0) is 19.0 Å². The molecule has 6 nitrogen and oxygen atoms in total. The number of methoxy groups -OCH3 is 1. The van der Waals surface area contributed by atoms with Gasteiger partial charge >= 0.3 is 5.97 Å². The van der Waals surface area contributed by atoms with E-state index < -0.39 is 5.97 Å². The van der Waals surface area contributed by atoms with Crippen LogP contribution in [0.4, 0.5) is 0 Å². The van der Waals surface area contributed by atoms with Gasteiger partial charge in [-0.3, -0.25) is 0 Å². The minimum absolute atomic E-state index is 0.200. The fourth-order valence-corrected chi connectivity index (χ4v) is 3.21. The van der Waals surface area contributed by atoms with Crippen molar-refractivity contribution in [3.05, 3.63) is 61.2 Å². The maximum atomic E-state index is 10.9. The maximum Gasteiger partial charge on any atom is 0.330 e. The topological polar surface area (TPSA) is 63.2 Å². The van der Waals surface area contributed by atoms with Crippen LogP contribution < -0.4 is 9.47 Å². The number of hydrogen-bond acceptors (Lipinski definition) is 6. The van der Waals surface area contributed by atoms with E-state index in [1.807, 2.05) is 48.5 Å². The van der Waals surface area contributed by atoms with Crippen molar-refractivity contribution < 1.29 is 28.5 Å². The second kappa shape index (κ2) is 11.2. The van der Waals surface area contributed by atoms with Crippen LogP contribution >= 0.6 is 0 Å². The smallest absolute Gasteiger partial charge is 0.330 e. The summed E-state index contributed by atoms with van der Waals surface area (Å²) in [5.74, 6) is 1.22. The summed E-state index contributed by atoms with van der Waals surface area (Å²) in [4.78, 5) is 10.9. The van der Waals surface area contributed by atoms with Gasteiger partial charge in [0.05, 0.1) is 33.5 Å². The molecular weight excluding hydrogens is 384 g/mol. The number of fused-ring (bicyclic) bond motifs is 2. The number of benzene rings is 3. The first-order valence-corrected chi connectivity index (χ1v) is 9.81. The summed E-state index contributed by atoms with van der Waals surface area (Å²) in [6.07, 6.45) is 1.12. The van der Waals surface area contributed by atoms with Gasteiger partial charge in [-0.2, -0.15) is 0 Å². The van der Waals surface area contributed by atoms with Crippen molar-refractivity contribution in [2.24, 2.45) is 0 Å². The molecule has 0 N–H and O–H groups in total. The minimum Gasteiger partial charge on any atom is -0.495 e. The molecule has 158 valence electrons. The van der Waals surface area contributed by atoms with Crippen LogP contribution in [0, 0.1) is 0 Å². The van der Waals surface area contributed by atoms with E-state index in [9.17, 15) is 4.79 Å². The highest BCUT2D eigenvalue weighted by Gasteiger charge is 2.14. The molecule has 0 aliphatic heterocycles. The Hall–Kier alpha value is -3.09. The summed E-state index contributed by atoms with van der Waals surface area (Å²) >= 11 is 0. The van der Waals surface area contributed by atoms with Crippen molar-refractivity contribution in [2.75, 3.05) is 46.8 Å². The van der Waals surface area contributed by atoms with Crippen molar-refractivity contribution >= 4 is 27.5 Å². The van der Waals surface area contributed by atoms with Gasteiger partial charge in [0.25, 0.3) is 0 Å². The molecule has 0 aliphatic carbocycles. The molecule has 30 heavy (non-hydrogen) atoms. The van der Waals surface area contributed by atoms with Crippen LogP contribution in [0.5, 0.6) is 11.5 Å². The number of rotatable bonds is 12. The molecule has 0 atom stereocenters. The third-order valence-corrected chi connectivity index (χ3v) is 4.52. The number of ether oxygens (including phenoxy) is 5. The second-order valence-corrected chi connectivity index (χ2v) is 6.40. The zero-order valence-corrected chi connectivity index (χ0v) is 17.1. The summed E-state index contributed by atoms with van der Waals surface area (Å²) in [7, 11) is 1.69. The van der Waals surface area contributed by atoms with E-state index in [2.05, 4.69) is 6.58 Å². The normalized spacial score (nSPS) is 10.8. The van der Waals surface area contributed by atoms with E-state index in [-0.39, 0.29) is 6.61 Å². The van der Waals surface area contributed by atoms with E-state index in [1.165, 1.54) is 0 Å². The maximum absolute atomic E-state index is 10.9. The monoisotopic (exact) mass is 410 g/mol. The Bertz CT molecular complexity index is 941. The molecule has 3 rings (SSSR count). The average molecular weight is 410 g/mol. The van der Waals surface area contributed by atoms with Gasteiger partial charge in [0, 0.05) is 27.6 Å². The molecule has 3 aromatic carbocycles. The van der Waals surface area contributed by atoms with Gasteiger partial charge in [-0.1, -0.05) is 55.1 Å². The van der Waals surface area contributed by atoms with Crippen molar-refractivity contribution in [1.82, 2.24) is 0 Å². The first-order chi connectivity index (χ1) is 14.8. The molecular formula is C24H26O6. The molecule has 0 aliphatic rings. The van der Waals surface area contributed by atoms with Crippen LogP contribution in [0.15, 0.2) is 61.2 Å². The van der Waals surface area contributed by atoms with Crippen molar-refractivity contribution in [2.45, 2.75) is 0 Å². The third kappa shape index (κ3) is 5.28. The predicted octanol–water partition coefficient (Wildman–Crippen LogP) is 4.14. The average Bonchev–Trinajstić information content (AvgIpc) is 2.79. The SMILES string of the molecule is C=CC(=O)OCCOCCOCCOc1c2ccccc2c(OC)c2ccccc12. The van der Waals surface area contributed by atoms with E-state index >= 15 is 0 Å². The molecule has 0 aromatic heterocycles. The molecule has 0 saturated carbocycles. The zero-order chi connectivity index (χ0) is 21.2. The van der Waals surface area contributed by atoms with E-state index in [0.29, 0.717) is 33.0 Å². The minimum atomic E-state index is -0.453. The zero-order valence-electron chi connectivity index (χ0n) is 17.1. The van der Waals surface area contributed by atoms with Crippen LogP contribution in [0.25, 0.3) is 21.5 Å². The first-order valence-electron chi connectivity index (χ1n) is 9.81. The third-order valence-electron chi connectivity index (χ3n) is 4.52. The second-order valence-electron chi connectivity index (χ2n) is 6.40. The fraction of sp³-hybridized carbons (Fsp3) is 0.292. The molecule has 0 spiro atoms.